The summed E-state index contributed by atoms with van der Waals surface area (Å²) >= 11 is 0. The molecule has 7 aromatic rings. The summed E-state index contributed by atoms with van der Waals surface area (Å²) < 4.78 is 6.23. The van der Waals surface area contributed by atoms with Crippen molar-refractivity contribution in [2.24, 2.45) is 0 Å². The standard InChI is InChI=1S/C25H19N2O.C11H8N.Ir/c1-15-10-12-21(26-14-15)20-9-5-8-18-19-11-13-22(27-25(19)28-24(18)20)23-16(2)6-4-7-17(23)3;1-2-6-10(7-3-1)11-8-4-5-9-12-11;/h4-8,10-14H,1-3H3;1-6,8-9H;/q2*-1;. The van der Waals surface area contributed by atoms with Crippen LogP contribution >= 0.6 is 0 Å². The Morgan fingerprint density at radius 3 is 2.15 bits per heavy atom. The minimum absolute atomic E-state index is 0. The number of rotatable bonds is 3. The Morgan fingerprint density at radius 2 is 1.44 bits per heavy atom. The SMILES string of the molecule is Cc1ccc(-c2[c-]ccc3c2oc2nc(-c4c(C)cccc4C)ccc23)nc1.[Ir].[c-]1ccccc1-c1ccccn1. The number of hydrogen-bond donors (Lipinski definition) is 0. The van der Waals surface area contributed by atoms with Gasteiger partial charge in [0.15, 0.2) is 0 Å². The van der Waals surface area contributed by atoms with E-state index in [1.807, 2.05) is 73.8 Å². The molecule has 0 fully saturated rings. The predicted molar refractivity (Wildman–Crippen MR) is 162 cm³/mol. The molecule has 0 saturated heterocycles. The normalized spacial score (nSPS) is 10.6. The van der Waals surface area contributed by atoms with Crippen LogP contribution in [-0.4, -0.2) is 15.0 Å². The fourth-order valence-electron chi connectivity index (χ4n) is 4.86. The Bertz CT molecular complexity index is 1860. The Balaban J connectivity index is 0.000000218. The molecule has 5 heteroatoms. The predicted octanol–water partition coefficient (Wildman–Crippen LogP) is 8.98. The third-order valence-corrected chi connectivity index (χ3v) is 6.85. The van der Waals surface area contributed by atoms with Crippen LogP contribution < -0.4 is 0 Å². The molecule has 0 unspecified atom stereocenters. The van der Waals surface area contributed by atoms with Gasteiger partial charge in [0.2, 0.25) is 5.71 Å². The topological polar surface area (TPSA) is 51.8 Å². The third-order valence-electron chi connectivity index (χ3n) is 6.85. The van der Waals surface area contributed by atoms with E-state index in [0.717, 1.165) is 55.7 Å². The maximum Gasteiger partial charge on any atom is 0.216 e. The van der Waals surface area contributed by atoms with Crippen molar-refractivity contribution < 1.29 is 24.5 Å². The van der Waals surface area contributed by atoms with Crippen LogP contribution in [0.4, 0.5) is 0 Å². The second-order valence-electron chi connectivity index (χ2n) is 9.73. The number of benzene rings is 3. The summed E-state index contributed by atoms with van der Waals surface area (Å²) in [6.45, 7) is 6.26. The van der Waals surface area contributed by atoms with Crippen LogP contribution in [0.1, 0.15) is 16.7 Å². The van der Waals surface area contributed by atoms with Gasteiger partial charge in [0.25, 0.3) is 0 Å². The molecule has 0 atom stereocenters. The molecule has 4 heterocycles. The van der Waals surface area contributed by atoms with Crippen LogP contribution in [0.2, 0.25) is 0 Å². The number of pyridine rings is 3. The Hall–Kier alpha value is -4.44. The fourth-order valence-corrected chi connectivity index (χ4v) is 4.86. The fraction of sp³-hybridized carbons (Fsp3) is 0.0833. The molecule has 203 valence electrons. The first-order valence-electron chi connectivity index (χ1n) is 13.2. The van der Waals surface area contributed by atoms with Crippen LogP contribution in [0.25, 0.3) is 55.8 Å². The molecule has 4 aromatic heterocycles. The molecule has 0 bridgehead atoms. The molecule has 3 aromatic carbocycles. The van der Waals surface area contributed by atoms with Gasteiger partial charge in [-0.05, 0) is 67.0 Å². The molecular formula is C36H27IrN3O-2. The summed E-state index contributed by atoms with van der Waals surface area (Å²) in [6.07, 6.45) is 3.65. The summed E-state index contributed by atoms with van der Waals surface area (Å²) in [4.78, 5) is 13.6. The van der Waals surface area contributed by atoms with Gasteiger partial charge in [-0.2, -0.15) is 0 Å². The molecule has 0 N–H and O–H groups in total. The molecular weight excluding hydrogens is 683 g/mol. The number of hydrogen-bond acceptors (Lipinski definition) is 4. The average Bonchev–Trinajstić information content (AvgIpc) is 3.37. The summed E-state index contributed by atoms with van der Waals surface area (Å²) in [5.41, 5.74) is 10.8. The smallest absolute Gasteiger partial charge is 0.216 e. The summed E-state index contributed by atoms with van der Waals surface area (Å²) in [6, 6.07) is 38.6. The third kappa shape index (κ3) is 5.88. The van der Waals surface area contributed by atoms with Gasteiger partial charge in [-0.3, -0.25) is 0 Å². The van der Waals surface area contributed by atoms with Crippen LogP contribution in [0.5, 0.6) is 0 Å². The van der Waals surface area contributed by atoms with Crippen molar-refractivity contribution in [3.63, 3.8) is 0 Å². The Kier molecular flexibility index (Phi) is 8.49. The van der Waals surface area contributed by atoms with Crippen LogP contribution in [0.15, 0.2) is 114 Å². The van der Waals surface area contributed by atoms with Gasteiger partial charge in [0.05, 0.1) is 11.3 Å². The van der Waals surface area contributed by atoms with Gasteiger partial charge in [0.1, 0.15) is 0 Å². The average molecular weight is 710 g/mol. The monoisotopic (exact) mass is 710 g/mol. The second-order valence-corrected chi connectivity index (χ2v) is 9.73. The summed E-state index contributed by atoms with van der Waals surface area (Å²) in [5, 5.41) is 2.04. The minimum Gasteiger partial charge on any atom is -0.486 e. The molecule has 0 spiro atoms. The van der Waals surface area contributed by atoms with Crippen molar-refractivity contribution in [2.45, 2.75) is 20.8 Å². The largest absolute Gasteiger partial charge is 0.486 e. The van der Waals surface area contributed by atoms with E-state index in [-0.39, 0.29) is 20.1 Å². The summed E-state index contributed by atoms with van der Waals surface area (Å²) in [5.74, 6) is 0. The minimum atomic E-state index is 0. The van der Waals surface area contributed by atoms with Gasteiger partial charge in [-0.1, -0.05) is 53.4 Å². The van der Waals surface area contributed by atoms with Crippen molar-refractivity contribution >= 4 is 22.1 Å². The van der Waals surface area contributed by atoms with Crippen molar-refractivity contribution in [3.05, 3.63) is 138 Å². The zero-order valence-electron chi connectivity index (χ0n) is 23.0. The van der Waals surface area contributed by atoms with Crippen molar-refractivity contribution in [1.29, 1.82) is 0 Å². The van der Waals surface area contributed by atoms with Gasteiger partial charge in [0, 0.05) is 43.4 Å². The molecule has 41 heavy (non-hydrogen) atoms. The molecule has 0 amide bonds. The van der Waals surface area contributed by atoms with Gasteiger partial charge in [-0.25, -0.2) is 4.98 Å². The van der Waals surface area contributed by atoms with E-state index in [2.05, 4.69) is 72.3 Å². The van der Waals surface area contributed by atoms with Crippen LogP contribution in [-0.2, 0) is 20.1 Å². The Labute approximate surface area is 253 Å². The van der Waals surface area contributed by atoms with Crippen molar-refractivity contribution in [3.8, 4) is 33.8 Å². The number of fused-ring (bicyclic) bond motifs is 3. The van der Waals surface area contributed by atoms with Gasteiger partial charge in [-0.15, -0.1) is 54.1 Å². The first kappa shape index (κ1) is 28.1. The molecule has 4 nitrogen and oxygen atoms in total. The van der Waals surface area contributed by atoms with E-state index in [1.165, 1.54) is 11.1 Å². The first-order valence-corrected chi connectivity index (χ1v) is 13.2. The first-order chi connectivity index (χ1) is 19.6. The number of furan rings is 1. The quantitative estimate of drug-likeness (QED) is 0.172. The van der Waals surface area contributed by atoms with E-state index >= 15 is 0 Å². The van der Waals surface area contributed by atoms with E-state index in [9.17, 15) is 0 Å². The van der Waals surface area contributed by atoms with Crippen LogP contribution in [0.3, 0.4) is 0 Å². The van der Waals surface area contributed by atoms with E-state index < -0.39 is 0 Å². The van der Waals surface area contributed by atoms with E-state index in [0.29, 0.717) is 5.71 Å². The second kappa shape index (κ2) is 12.4. The maximum atomic E-state index is 6.23. The van der Waals surface area contributed by atoms with Gasteiger partial charge < -0.3 is 14.4 Å². The van der Waals surface area contributed by atoms with E-state index in [4.69, 9.17) is 9.40 Å². The number of aryl methyl sites for hydroxylation is 3. The maximum absolute atomic E-state index is 6.23. The molecule has 1 radical (unpaired) electrons. The summed E-state index contributed by atoms with van der Waals surface area (Å²) in [7, 11) is 0. The molecule has 0 aliphatic heterocycles. The molecule has 0 aliphatic rings. The Morgan fingerprint density at radius 1 is 0.634 bits per heavy atom. The molecule has 0 aliphatic carbocycles. The van der Waals surface area contributed by atoms with Gasteiger partial charge >= 0.3 is 0 Å². The number of nitrogens with zero attached hydrogens (tertiary/aromatic N) is 3. The number of aromatic nitrogens is 3. The molecule has 7 rings (SSSR count). The zero-order valence-corrected chi connectivity index (χ0v) is 25.4. The van der Waals surface area contributed by atoms with Crippen molar-refractivity contribution in [2.75, 3.05) is 0 Å². The van der Waals surface area contributed by atoms with E-state index in [1.54, 1.807) is 6.20 Å². The zero-order chi connectivity index (χ0) is 27.5. The molecule has 0 saturated carbocycles. The van der Waals surface area contributed by atoms with Crippen LogP contribution in [0, 0.1) is 32.9 Å². The van der Waals surface area contributed by atoms with Crippen molar-refractivity contribution in [1.82, 2.24) is 15.0 Å².